The molecule has 1 heterocycles. The SMILES string of the molecule is Cc1nc(C)c(C(=O)NCc2ccc(F)cc2)s1. The highest BCUT2D eigenvalue weighted by Crippen LogP contribution is 2.16. The minimum absolute atomic E-state index is 0.137. The number of aryl methyl sites for hydroxylation is 2. The van der Waals surface area contributed by atoms with E-state index < -0.39 is 0 Å². The number of thiazole rings is 1. The first kappa shape index (κ1) is 12.7. The van der Waals surface area contributed by atoms with E-state index in [1.165, 1.54) is 23.5 Å². The molecule has 3 nitrogen and oxygen atoms in total. The Kier molecular flexibility index (Phi) is 3.72. The molecule has 0 aliphatic heterocycles. The molecule has 0 saturated carbocycles. The Balaban J connectivity index is 2.00. The summed E-state index contributed by atoms with van der Waals surface area (Å²) in [6.07, 6.45) is 0. The topological polar surface area (TPSA) is 42.0 Å². The number of benzene rings is 1. The molecule has 1 aromatic carbocycles. The fraction of sp³-hybridized carbons (Fsp3) is 0.231. The monoisotopic (exact) mass is 264 g/mol. The molecule has 5 heteroatoms. The highest BCUT2D eigenvalue weighted by molar-refractivity contribution is 7.13. The van der Waals surface area contributed by atoms with Crippen molar-refractivity contribution in [2.75, 3.05) is 0 Å². The molecule has 0 saturated heterocycles. The van der Waals surface area contributed by atoms with Gasteiger partial charge in [0, 0.05) is 6.54 Å². The molecule has 1 N–H and O–H groups in total. The van der Waals surface area contributed by atoms with E-state index in [9.17, 15) is 9.18 Å². The predicted molar refractivity (Wildman–Crippen MR) is 69.2 cm³/mol. The smallest absolute Gasteiger partial charge is 0.263 e. The molecule has 0 unspecified atom stereocenters. The number of hydrogen-bond donors (Lipinski definition) is 1. The van der Waals surface area contributed by atoms with Crippen LogP contribution in [-0.2, 0) is 6.54 Å². The van der Waals surface area contributed by atoms with Gasteiger partial charge < -0.3 is 5.32 Å². The minimum Gasteiger partial charge on any atom is -0.347 e. The maximum atomic E-state index is 12.7. The minimum atomic E-state index is -0.279. The second-order valence-corrected chi connectivity index (χ2v) is 5.16. The highest BCUT2D eigenvalue weighted by Gasteiger charge is 2.13. The van der Waals surface area contributed by atoms with Crippen LogP contribution in [0.4, 0.5) is 4.39 Å². The van der Waals surface area contributed by atoms with E-state index in [0.717, 1.165) is 16.3 Å². The second kappa shape index (κ2) is 5.27. The molecule has 94 valence electrons. The van der Waals surface area contributed by atoms with Crippen molar-refractivity contribution in [1.29, 1.82) is 0 Å². The van der Waals surface area contributed by atoms with E-state index in [1.807, 2.05) is 13.8 Å². The van der Waals surface area contributed by atoms with Gasteiger partial charge in [0.15, 0.2) is 0 Å². The summed E-state index contributed by atoms with van der Waals surface area (Å²) in [4.78, 5) is 16.7. The fourth-order valence-electron chi connectivity index (χ4n) is 1.61. The maximum absolute atomic E-state index is 12.7. The van der Waals surface area contributed by atoms with Crippen LogP contribution in [0.5, 0.6) is 0 Å². The van der Waals surface area contributed by atoms with Crippen LogP contribution in [0.3, 0.4) is 0 Å². The second-order valence-electron chi connectivity index (χ2n) is 3.96. The summed E-state index contributed by atoms with van der Waals surface area (Å²) in [5.41, 5.74) is 1.61. The molecule has 18 heavy (non-hydrogen) atoms. The zero-order valence-electron chi connectivity index (χ0n) is 10.2. The van der Waals surface area contributed by atoms with Gasteiger partial charge in [0.05, 0.1) is 10.7 Å². The predicted octanol–water partition coefficient (Wildman–Crippen LogP) is 2.83. The number of amides is 1. The number of carbonyl (C=O) groups is 1. The third-order valence-electron chi connectivity index (χ3n) is 2.48. The van der Waals surface area contributed by atoms with Crippen LogP contribution in [-0.4, -0.2) is 10.9 Å². The summed E-state index contributed by atoms with van der Waals surface area (Å²) in [5, 5.41) is 3.67. The number of rotatable bonds is 3. The van der Waals surface area contributed by atoms with E-state index >= 15 is 0 Å². The van der Waals surface area contributed by atoms with Gasteiger partial charge in [0.25, 0.3) is 5.91 Å². The number of nitrogens with one attached hydrogen (secondary N) is 1. The summed E-state index contributed by atoms with van der Waals surface area (Å²) >= 11 is 1.38. The van der Waals surface area contributed by atoms with Gasteiger partial charge in [0.2, 0.25) is 0 Å². The number of hydrogen-bond acceptors (Lipinski definition) is 3. The molecule has 2 aromatic rings. The van der Waals surface area contributed by atoms with Crippen LogP contribution < -0.4 is 5.32 Å². The van der Waals surface area contributed by atoms with Crippen LogP contribution in [0.1, 0.15) is 25.9 Å². The Bertz CT molecular complexity index is 563. The molecular weight excluding hydrogens is 251 g/mol. The summed E-state index contributed by atoms with van der Waals surface area (Å²) in [6.45, 7) is 4.07. The van der Waals surface area contributed by atoms with Crippen molar-refractivity contribution in [3.8, 4) is 0 Å². The van der Waals surface area contributed by atoms with Crippen molar-refractivity contribution < 1.29 is 9.18 Å². The first-order valence-electron chi connectivity index (χ1n) is 5.53. The first-order valence-corrected chi connectivity index (χ1v) is 6.34. The van der Waals surface area contributed by atoms with Gasteiger partial charge in [-0.05, 0) is 31.5 Å². The van der Waals surface area contributed by atoms with Gasteiger partial charge in [-0.3, -0.25) is 4.79 Å². The number of aromatic nitrogens is 1. The zero-order chi connectivity index (χ0) is 13.1. The average Bonchev–Trinajstić information content (AvgIpc) is 2.67. The van der Waals surface area contributed by atoms with Crippen molar-refractivity contribution in [3.63, 3.8) is 0 Å². The lowest BCUT2D eigenvalue weighted by atomic mass is 10.2. The Morgan fingerprint density at radius 2 is 2.00 bits per heavy atom. The molecule has 0 fully saturated rings. The maximum Gasteiger partial charge on any atom is 0.263 e. The fourth-order valence-corrected chi connectivity index (χ4v) is 2.44. The van der Waals surface area contributed by atoms with Crippen LogP contribution in [0, 0.1) is 19.7 Å². The largest absolute Gasteiger partial charge is 0.347 e. The molecular formula is C13H13FN2OS. The van der Waals surface area contributed by atoms with Crippen LogP contribution in [0.15, 0.2) is 24.3 Å². The molecule has 1 aromatic heterocycles. The van der Waals surface area contributed by atoms with Crippen molar-refractivity contribution in [1.82, 2.24) is 10.3 Å². The highest BCUT2D eigenvalue weighted by atomic mass is 32.1. The van der Waals surface area contributed by atoms with Gasteiger partial charge >= 0.3 is 0 Å². The van der Waals surface area contributed by atoms with Gasteiger partial charge in [-0.1, -0.05) is 12.1 Å². The lowest BCUT2D eigenvalue weighted by Crippen LogP contribution is -2.22. The molecule has 0 aliphatic carbocycles. The molecule has 1 amide bonds. The van der Waals surface area contributed by atoms with E-state index in [4.69, 9.17) is 0 Å². The van der Waals surface area contributed by atoms with E-state index in [1.54, 1.807) is 12.1 Å². The average molecular weight is 264 g/mol. The molecule has 0 aliphatic rings. The Morgan fingerprint density at radius 1 is 1.33 bits per heavy atom. The Morgan fingerprint density at radius 3 is 2.56 bits per heavy atom. The van der Waals surface area contributed by atoms with Gasteiger partial charge in [-0.15, -0.1) is 11.3 Å². The van der Waals surface area contributed by atoms with Crippen molar-refractivity contribution in [2.24, 2.45) is 0 Å². The molecule has 0 atom stereocenters. The molecule has 0 radical (unpaired) electrons. The van der Waals surface area contributed by atoms with E-state index in [2.05, 4.69) is 10.3 Å². The van der Waals surface area contributed by atoms with E-state index in [-0.39, 0.29) is 11.7 Å². The van der Waals surface area contributed by atoms with Gasteiger partial charge in [-0.2, -0.15) is 0 Å². The third-order valence-corrected chi connectivity index (χ3v) is 3.55. The molecule has 2 rings (SSSR count). The van der Waals surface area contributed by atoms with E-state index in [0.29, 0.717) is 11.4 Å². The first-order chi connectivity index (χ1) is 8.56. The number of halogens is 1. The number of carbonyl (C=O) groups excluding carboxylic acids is 1. The van der Waals surface area contributed by atoms with Crippen LogP contribution in [0.2, 0.25) is 0 Å². The molecule has 0 spiro atoms. The Labute approximate surface area is 109 Å². The summed E-state index contributed by atoms with van der Waals surface area (Å²) in [5.74, 6) is -0.415. The standard InChI is InChI=1S/C13H13FN2OS/c1-8-12(18-9(2)16-8)13(17)15-7-10-3-5-11(14)6-4-10/h3-6H,7H2,1-2H3,(H,15,17). The van der Waals surface area contributed by atoms with Gasteiger partial charge in [-0.25, -0.2) is 9.37 Å². The third kappa shape index (κ3) is 2.92. The van der Waals surface area contributed by atoms with Crippen molar-refractivity contribution in [2.45, 2.75) is 20.4 Å². The summed E-state index contributed by atoms with van der Waals surface area (Å²) in [6, 6.07) is 6.06. The normalized spacial score (nSPS) is 10.4. The van der Waals surface area contributed by atoms with Crippen molar-refractivity contribution in [3.05, 3.63) is 51.2 Å². The lowest BCUT2D eigenvalue weighted by Gasteiger charge is -2.04. The number of nitrogens with zero attached hydrogens (tertiary/aromatic N) is 1. The summed E-state index contributed by atoms with van der Waals surface area (Å²) < 4.78 is 12.7. The van der Waals surface area contributed by atoms with Gasteiger partial charge in [0.1, 0.15) is 10.7 Å². The lowest BCUT2D eigenvalue weighted by molar-refractivity contribution is 0.0954. The van der Waals surface area contributed by atoms with Crippen molar-refractivity contribution >= 4 is 17.2 Å². The van der Waals surface area contributed by atoms with Crippen LogP contribution >= 0.6 is 11.3 Å². The summed E-state index contributed by atoms with van der Waals surface area (Å²) in [7, 11) is 0. The Hall–Kier alpha value is -1.75. The van der Waals surface area contributed by atoms with Crippen LogP contribution in [0.25, 0.3) is 0 Å². The quantitative estimate of drug-likeness (QED) is 0.926. The molecule has 0 bridgehead atoms. The zero-order valence-corrected chi connectivity index (χ0v) is 11.0.